The molecule has 0 aliphatic heterocycles. The Labute approximate surface area is 169 Å². The molecule has 0 fully saturated rings. The zero-order valence-corrected chi connectivity index (χ0v) is 15.2. The second-order valence-corrected chi connectivity index (χ2v) is 6.13. The van der Waals surface area contributed by atoms with Gasteiger partial charge in [0.25, 0.3) is 5.78 Å². The van der Waals surface area contributed by atoms with Crippen LogP contribution in [0, 0.1) is 11.3 Å². The molecule has 0 aliphatic rings. The van der Waals surface area contributed by atoms with Gasteiger partial charge in [0.2, 0.25) is 0 Å². The smallest absolute Gasteiger partial charge is 0.417 e. The third-order valence-corrected chi connectivity index (χ3v) is 3.90. The zero-order chi connectivity index (χ0) is 22.8. The summed E-state index contributed by atoms with van der Waals surface area (Å²) in [5, 5.41) is 12.3. The summed E-state index contributed by atoms with van der Waals surface area (Å²) in [5.41, 5.74) is -2.61. The number of furan rings is 1. The summed E-state index contributed by atoms with van der Waals surface area (Å²) in [6, 6.07) is 6.20. The van der Waals surface area contributed by atoms with Crippen molar-refractivity contribution in [1.29, 1.82) is 5.26 Å². The Hall–Kier alpha value is -3.82. The van der Waals surface area contributed by atoms with Crippen molar-refractivity contribution in [3.05, 3.63) is 65.2 Å². The van der Waals surface area contributed by atoms with Crippen LogP contribution in [0.25, 0.3) is 0 Å². The predicted octanol–water partition coefficient (Wildman–Crippen LogP) is 4.35. The largest absolute Gasteiger partial charge is 0.461 e. The highest BCUT2D eigenvalue weighted by Crippen LogP contribution is 2.35. The van der Waals surface area contributed by atoms with Gasteiger partial charge in [0, 0.05) is 5.69 Å². The SMILES string of the molecule is N#Cc1ccc(N(Cc2noc(C(=O)c3ccco3)n2)CC(F)(F)F)cc1C(F)(F)F. The number of aromatic nitrogens is 2. The van der Waals surface area contributed by atoms with E-state index in [1.165, 1.54) is 24.5 Å². The lowest BCUT2D eigenvalue weighted by Crippen LogP contribution is -2.34. The monoisotopic (exact) mass is 444 g/mol. The number of hydrogen-bond donors (Lipinski definition) is 0. The van der Waals surface area contributed by atoms with E-state index in [1.54, 1.807) is 0 Å². The van der Waals surface area contributed by atoms with E-state index in [9.17, 15) is 31.1 Å². The fourth-order valence-electron chi connectivity index (χ4n) is 2.61. The van der Waals surface area contributed by atoms with Crippen molar-refractivity contribution in [2.24, 2.45) is 0 Å². The average molecular weight is 444 g/mol. The van der Waals surface area contributed by atoms with E-state index in [0.29, 0.717) is 11.0 Å². The molecule has 0 atom stereocenters. The quantitative estimate of drug-likeness (QED) is 0.412. The molecule has 3 aromatic rings. The first-order valence-electron chi connectivity index (χ1n) is 8.32. The van der Waals surface area contributed by atoms with Crippen molar-refractivity contribution in [1.82, 2.24) is 10.1 Å². The van der Waals surface area contributed by atoms with Crippen LogP contribution >= 0.6 is 0 Å². The normalized spacial score (nSPS) is 11.9. The molecule has 162 valence electrons. The molecule has 0 aliphatic carbocycles. The molecule has 0 saturated heterocycles. The van der Waals surface area contributed by atoms with Gasteiger partial charge in [-0.2, -0.15) is 36.6 Å². The van der Waals surface area contributed by atoms with Crippen LogP contribution < -0.4 is 4.90 Å². The maximum atomic E-state index is 13.2. The summed E-state index contributed by atoms with van der Waals surface area (Å²) in [4.78, 5) is 16.3. The third-order valence-electron chi connectivity index (χ3n) is 3.90. The molecule has 0 amide bonds. The fourth-order valence-corrected chi connectivity index (χ4v) is 2.61. The van der Waals surface area contributed by atoms with Crippen LogP contribution in [0.3, 0.4) is 0 Å². The van der Waals surface area contributed by atoms with E-state index in [4.69, 9.17) is 14.2 Å². The van der Waals surface area contributed by atoms with E-state index in [2.05, 4.69) is 10.1 Å². The maximum Gasteiger partial charge on any atom is 0.417 e. The van der Waals surface area contributed by atoms with Gasteiger partial charge in [-0.15, -0.1) is 0 Å². The number of benzene rings is 1. The Balaban J connectivity index is 1.93. The zero-order valence-electron chi connectivity index (χ0n) is 15.2. The van der Waals surface area contributed by atoms with E-state index in [0.717, 1.165) is 12.1 Å². The molecule has 0 spiro atoms. The molecule has 0 unspecified atom stereocenters. The third kappa shape index (κ3) is 5.21. The van der Waals surface area contributed by atoms with Crippen LogP contribution in [-0.2, 0) is 12.7 Å². The highest BCUT2D eigenvalue weighted by molar-refractivity contribution is 6.03. The molecule has 31 heavy (non-hydrogen) atoms. The molecule has 0 bridgehead atoms. The number of rotatable bonds is 6. The summed E-state index contributed by atoms with van der Waals surface area (Å²) in [5.74, 6) is -1.90. The van der Waals surface area contributed by atoms with E-state index < -0.39 is 53.9 Å². The number of ketones is 1. The summed E-state index contributed by atoms with van der Waals surface area (Å²) < 4.78 is 88.3. The minimum Gasteiger partial charge on any atom is -0.461 e. The molecule has 0 saturated carbocycles. The lowest BCUT2D eigenvalue weighted by atomic mass is 10.1. The first-order valence-corrected chi connectivity index (χ1v) is 8.32. The molecular weight excluding hydrogens is 434 g/mol. The van der Waals surface area contributed by atoms with Crippen LogP contribution in [0.2, 0.25) is 0 Å². The van der Waals surface area contributed by atoms with Gasteiger partial charge in [-0.3, -0.25) is 4.79 Å². The summed E-state index contributed by atoms with van der Waals surface area (Å²) in [7, 11) is 0. The Morgan fingerprint density at radius 2 is 1.90 bits per heavy atom. The number of carbonyl (C=O) groups is 1. The van der Waals surface area contributed by atoms with E-state index >= 15 is 0 Å². The van der Waals surface area contributed by atoms with Gasteiger partial charge >= 0.3 is 18.2 Å². The summed E-state index contributed by atoms with van der Waals surface area (Å²) in [6.45, 7) is -2.37. The minimum absolute atomic E-state index is 0.149. The average Bonchev–Trinajstić information content (AvgIpc) is 3.37. The molecule has 2 aromatic heterocycles. The molecule has 3 rings (SSSR count). The number of nitrogens with zero attached hydrogens (tertiary/aromatic N) is 4. The highest BCUT2D eigenvalue weighted by atomic mass is 19.4. The standard InChI is InChI=1S/C18H10F6N4O3/c19-17(20,21)9-28(11-4-3-10(7-25)12(6-11)18(22,23)24)8-14-26-16(31-27-14)15(29)13-2-1-5-30-13/h1-6H,8-9H2. The molecular formula is C18H10F6N4O3. The molecule has 2 heterocycles. The lowest BCUT2D eigenvalue weighted by molar-refractivity contribution is -0.137. The number of alkyl halides is 6. The van der Waals surface area contributed by atoms with Crippen LogP contribution in [-0.4, -0.2) is 28.6 Å². The van der Waals surface area contributed by atoms with Gasteiger partial charge in [-0.25, -0.2) is 0 Å². The van der Waals surface area contributed by atoms with Gasteiger partial charge in [-0.1, -0.05) is 5.16 Å². The maximum absolute atomic E-state index is 13.2. The molecule has 7 nitrogen and oxygen atoms in total. The van der Waals surface area contributed by atoms with Crippen molar-refractivity contribution in [2.75, 3.05) is 11.4 Å². The van der Waals surface area contributed by atoms with Crippen LogP contribution in [0.5, 0.6) is 0 Å². The molecule has 0 radical (unpaired) electrons. The van der Waals surface area contributed by atoms with Gasteiger partial charge in [0.05, 0.1) is 30.0 Å². The number of carbonyl (C=O) groups excluding carboxylic acids is 1. The predicted molar refractivity (Wildman–Crippen MR) is 89.7 cm³/mol. The minimum atomic E-state index is -4.96. The second kappa shape index (κ2) is 8.13. The summed E-state index contributed by atoms with van der Waals surface area (Å²) in [6.07, 6.45) is -8.54. The summed E-state index contributed by atoms with van der Waals surface area (Å²) >= 11 is 0. The van der Waals surface area contributed by atoms with Crippen LogP contribution in [0.15, 0.2) is 45.5 Å². The number of halogens is 6. The Morgan fingerprint density at radius 3 is 2.48 bits per heavy atom. The van der Waals surface area contributed by atoms with Crippen LogP contribution in [0.1, 0.15) is 33.4 Å². The van der Waals surface area contributed by atoms with Gasteiger partial charge < -0.3 is 13.8 Å². The number of nitriles is 1. The Kier molecular flexibility index (Phi) is 5.74. The lowest BCUT2D eigenvalue weighted by Gasteiger charge is -2.25. The number of anilines is 1. The fraction of sp³-hybridized carbons (Fsp3) is 0.222. The van der Waals surface area contributed by atoms with E-state index in [1.807, 2.05) is 0 Å². The topological polar surface area (TPSA) is 96.2 Å². The Bertz CT molecular complexity index is 1110. The van der Waals surface area contributed by atoms with E-state index in [-0.39, 0.29) is 11.6 Å². The molecule has 1 aromatic carbocycles. The van der Waals surface area contributed by atoms with Crippen molar-refractivity contribution >= 4 is 11.5 Å². The Morgan fingerprint density at radius 1 is 1.16 bits per heavy atom. The van der Waals surface area contributed by atoms with Crippen molar-refractivity contribution in [3.8, 4) is 6.07 Å². The van der Waals surface area contributed by atoms with Crippen molar-refractivity contribution in [3.63, 3.8) is 0 Å². The highest BCUT2D eigenvalue weighted by Gasteiger charge is 2.36. The molecule has 13 heteroatoms. The molecule has 0 N–H and O–H groups in total. The van der Waals surface area contributed by atoms with Crippen molar-refractivity contribution in [2.45, 2.75) is 18.9 Å². The second-order valence-electron chi connectivity index (χ2n) is 6.13. The van der Waals surface area contributed by atoms with Gasteiger partial charge in [0.1, 0.15) is 6.54 Å². The van der Waals surface area contributed by atoms with Crippen LogP contribution in [0.4, 0.5) is 32.0 Å². The van der Waals surface area contributed by atoms with Gasteiger partial charge in [0.15, 0.2) is 11.6 Å². The first-order chi connectivity index (χ1) is 14.5. The van der Waals surface area contributed by atoms with Crippen molar-refractivity contribution < 1.29 is 40.1 Å². The van der Waals surface area contributed by atoms with Gasteiger partial charge in [-0.05, 0) is 30.3 Å². The number of hydrogen-bond acceptors (Lipinski definition) is 7. The first kappa shape index (κ1) is 21.9.